The molecule has 1 rings (SSSR count). The molecule has 0 amide bonds. The number of nitrogens with one attached hydrogen (secondary N) is 1. The predicted octanol–water partition coefficient (Wildman–Crippen LogP) is 2.59. The normalized spacial score (nSPS) is 29.2. The summed E-state index contributed by atoms with van der Waals surface area (Å²) in [5, 5.41) is 3.59. The van der Waals surface area contributed by atoms with Crippen LogP contribution in [0.25, 0.3) is 0 Å². The van der Waals surface area contributed by atoms with E-state index in [1.165, 1.54) is 37.4 Å². The maximum atomic E-state index is 3.59. The van der Waals surface area contributed by atoms with E-state index in [2.05, 4.69) is 49.7 Å². The quantitative estimate of drug-likeness (QED) is 0.723. The Bertz CT molecular complexity index is 187. The van der Waals surface area contributed by atoms with E-state index >= 15 is 0 Å². The zero-order valence-electron chi connectivity index (χ0n) is 11.3. The monoisotopic (exact) mass is 244 g/mol. The van der Waals surface area contributed by atoms with Crippen molar-refractivity contribution < 1.29 is 0 Å². The fourth-order valence-corrected chi connectivity index (χ4v) is 3.26. The van der Waals surface area contributed by atoms with E-state index in [0.29, 0.717) is 6.04 Å². The highest BCUT2D eigenvalue weighted by Gasteiger charge is 2.27. The van der Waals surface area contributed by atoms with Crippen LogP contribution >= 0.6 is 11.8 Å². The van der Waals surface area contributed by atoms with Gasteiger partial charge in [-0.05, 0) is 38.2 Å². The molecular formula is C13H28N2S. The maximum absolute atomic E-state index is 3.59. The van der Waals surface area contributed by atoms with Gasteiger partial charge in [0.05, 0.1) is 0 Å². The van der Waals surface area contributed by atoms with Gasteiger partial charge in [-0.2, -0.15) is 11.8 Å². The van der Waals surface area contributed by atoms with Crippen molar-refractivity contribution in [3.05, 3.63) is 0 Å². The summed E-state index contributed by atoms with van der Waals surface area (Å²) in [5.74, 6) is 2.56. The third-order valence-electron chi connectivity index (χ3n) is 3.58. The van der Waals surface area contributed by atoms with Crippen molar-refractivity contribution in [1.29, 1.82) is 0 Å². The number of thioether (sulfide) groups is 1. The van der Waals surface area contributed by atoms with Crippen LogP contribution in [0.1, 0.15) is 40.5 Å². The van der Waals surface area contributed by atoms with Gasteiger partial charge in [-0.3, -0.25) is 4.90 Å². The maximum Gasteiger partial charge on any atom is 0.0221 e. The molecule has 1 aliphatic rings. The van der Waals surface area contributed by atoms with E-state index in [4.69, 9.17) is 0 Å². The Kier molecular flexibility index (Phi) is 6.78. The molecule has 0 spiro atoms. The average Bonchev–Trinajstić information content (AvgIpc) is 2.29. The van der Waals surface area contributed by atoms with Crippen LogP contribution in [0, 0.1) is 0 Å². The predicted molar refractivity (Wildman–Crippen MR) is 75.3 cm³/mol. The number of hydrogen-bond acceptors (Lipinski definition) is 3. The molecule has 1 aliphatic heterocycles. The lowest BCUT2D eigenvalue weighted by Gasteiger charge is -2.42. The number of hydrogen-bond donors (Lipinski definition) is 1. The number of piperazine rings is 1. The van der Waals surface area contributed by atoms with E-state index in [0.717, 1.165) is 12.1 Å². The molecule has 2 nitrogen and oxygen atoms in total. The molecule has 0 aromatic rings. The first kappa shape index (κ1) is 14.3. The molecule has 16 heavy (non-hydrogen) atoms. The molecule has 0 aromatic carbocycles. The molecule has 1 N–H and O–H groups in total. The van der Waals surface area contributed by atoms with E-state index in [-0.39, 0.29) is 0 Å². The second-order valence-corrected chi connectivity index (χ2v) is 6.30. The van der Waals surface area contributed by atoms with Gasteiger partial charge in [-0.25, -0.2) is 0 Å². The average molecular weight is 244 g/mol. The van der Waals surface area contributed by atoms with E-state index in [1.54, 1.807) is 0 Å². The Morgan fingerprint density at radius 2 is 2.19 bits per heavy atom. The third kappa shape index (κ3) is 4.27. The van der Waals surface area contributed by atoms with Crippen LogP contribution in [0.2, 0.25) is 0 Å². The summed E-state index contributed by atoms with van der Waals surface area (Å²) in [6.45, 7) is 11.6. The van der Waals surface area contributed by atoms with Gasteiger partial charge in [0.2, 0.25) is 0 Å². The van der Waals surface area contributed by atoms with Gasteiger partial charge in [0.15, 0.2) is 0 Å². The van der Waals surface area contributed by atoms with E-state index < -0.39 is 0 Å². The fourth-order valence-electron chi connectivity index (χ4n) is 2.47. The number of rotatable bonds is 6. The molecule has 0 radical (unpaired) electrons. The zero-order valence-corrected chi connectivity index (χ0v) is 12.1. The minimum absolute atomic E-state index is 0.657. The van der Waals surface area contributed by atoms with Crippen LogP contribution in [0.4, 0.5) is 0 Å². The van der Waals surface area contributed by atoms with Crippen LogP contribution in [0.3, 0.4) is 0 Å². The van der Waals surface area contributed by atoms with E-state index in [9.17, 15) is 0 Å². The number of nitrogens with zero attached hydrogens (tertiary/aromatic N) is 1. The van der Waals surface area contributed by atoms with Gasteiger partial charge < -0.3 is 5.32 Å². The Balaban J connectivity index is 2.39. The summed E-state index contributed by atoms with van der Waals surface area (Å²) in [6, 6.07) is 2.15. The van der Waals surface area contributed by atoms with Gasteiger partial charge in [-0.1, -0.05) is 13.8 Å². The molecule has 3 atom stereocenters. The fraction of sp³-hybridized carbons (Fsp3) is 1.00. The lowest BCUT2D eigenvalue weighted by atomic mass is 10.0. The van der Waals surface area contributed by atoms with Crippen LogP contribution in [0.15, 0.2) is 0 Å². The van der Waals surface area contributed by atoms with Crippen molar-refractivity contribution in [2.24, 2.45) is 0 Å². The summed E-state index contributed by atoms with van der Waals surface area (Å²) in [5.41, 5.74) is 0. The van der Waals surface area contributed by atoms with Gasteiger partial charge in [0.25, 0.3) is 0 Å². The molecule has 3 unspecified atom stereocenters. The van der Waals surface area contributed by atoms with Gasteiger partial charge in [0.1, 0.15) is 0 Å². The molecule has 96 valence electrons. The Hall–Kier alpha value is 0.270. The van der Waals surface area contributed by atoms with Crippen LogP contribution in [-0.4, -0.2) is 47.6 Å². The van der Waals surface area contributed by atoms with Crippen molar-refractivity contribution in [3.8, 4) is 0 Å². The standard InChI is InChI=1S/C13H28N2S/c1-5-13-9-14-11(3)10-15(13)12(4)7-8-16-6-2/h11-14H,5-10H2,1-4H3. The van der Waals surface area contributed by atoms with Gasteiger partial charge in [0, 0.05) is 31.2 Å². The molecule has 0 saturated carbocycles. The van der Waals surface area contributed by atoms with Crippen LogP contribution < -0.4 is 5.32 Å². The SMILES string of the molecule is CCSCCC(C)N1CC(C)NCC1CC. The highest BCUT2D eigenvalue weighted by molar-refractivity contribution is 7.99. The van der Waals surface area contributed by atoms with Gasteiger partial charge >= 0.3 is 0 Å². The Morgan fingerprint density at radius 3 is 2.81 bits per heavy atom. The summed E-state index contributed by atoms with van der Waals surface area (Å²) in [4.78, 5) is 2.72. The molecule has 0 aromatic heterocycles. The highest BCUT2D eigenvalue weighted by atomic mass is 32.2. The molecule has 0 bridgehead atoms. The first-order valence-electron chi connectivity index (χ1n) is 6.75. The summed E-state index contributed by atoms with van der Waals surface area (Å²) < 4.78 is 0. The molecule has 0 aliphatic carbocycles. The molecule has 3 heteroatoms. The second-order valence-electron chi connectivity index (χ2n) is 4.90. The minimum Gasteiger partial charge on any atom is -0.311 e. The Morgan fingerprint density at radius 1 is 1.44 bits per heavy atom. The lowest BCUT2D eigenvalue weighted by Crippen LogP contribution is -2.57. The molecule has 1 fully saturated rings. The smallest absolute Gasteiger partial charge is 0.0221 e. The van der Waals surface area contributed by atoms with Gasteiger partial charge in [-0.15, -0.1) is 0 Å². The topological polar surface area (TPSA) is 15.3 Å². The first-order chi connectivity index (χ1) is 7.69. The Labute approximate surface area is 106 Å². The molecule has 1 saturated heterocycles. The molecular weight excluding hydrogens is 216 g/mol. The second kappa shape index (κ2) is 7.57. The summed E-state index contributed by atoms with van der Waals surface area (Å²) >= 11 is 2.07. The van der Waals surface area contributed by atoms with Crippen molar-refractivity contribution >= 4 is 11.8 Å². The van der Waals surface area contributed by atoms with Crippen molar-refractivity contribution in [3.63, 3.8) is 0 Å². The first-order valence-corrected chi connectivity index (χ1v) is 7.91. The zero-order chi connectivity index (χ0) is 12.0. The van der Waals surface area contributed by atoms with Crippen molar-refractivity contribution in [1.82, 2.24) is 10.2 Å². The van der Waals surface area contributed by atoms with Crippen LogP contribution in [-0.2, 0) is 0 Å². The minimum atomic E-state index is 0.657. The van der Waals surface area contributed by atoms with Crippen LogP contribution in [0.5, 0.6) is 0 Å². The lowest BCUT2D eigenvalue weighted by molar-refractivity contribution is 0.0892. The highest BCUT2D eigenvalue weighted by Crippen LogP contribution is 2.17. The molecule has 1 heterocycles. The summed E-state index contributed by atoms with van der Waals surface area (Å²) in [7, 11) is 0. The van der Waals surface area contributed by atoms with Crippen molar-refractivity contribution in [2.45, 2.75) is 58.7 Å². The summed E-state index contributed by atoms with van der Waals surface area (Å²) in [6.07, 6.45) is 2.60. The van der Waals surface area contributed by atoms with E-state index in [1.807, 2.05) is 0 Å². The largest absolute Gasteiger partial charge is 0.311 e. The third-order valence-corrected chi connectivity index (χ3v) is 4.51. The van der Waals surface area contributed by atoms with Crippen molar-refractivity contribution in [2.75, 3.05) is 24.6 Å².